The monoisotopic (exact) mass is 386 g/mol. The van der Waals surface area contributed by atoms with Crippen molar-refractivity contribution in [1.29, 1.82) is 0 Å². The average molecular weight is 386 g/mol. The lowest BCUT2D eigenvalue weighted by molar-refractivity contribution is -0.146. The topological polar surface area (TPSA) is 68.3 Å². The van der Waals surface area contributed by atoms with Gasteiger partial charge in [0.2, 0.25) is 0 Å². The SMILES string of the molecule is Cc1ccc(C)c(NC(=O)COC(=O)Cc2csc(-c3cccs3)n2)c1. The Labute approximate surface area is 159 Å². The zero-order valence-electron chi connectivity index (χ0n) is 14.4. The molecule has 0 saturated heterocycles. The van der Waals surface area contributed by atoms with Gasteiger partial charge in [-0.3, -0.25) is 9.59 Å². The lowest BCUT2D eigenvalue weighted by Crippen LogP contribution is -2.22. The summed E-state index contributed by atoms with van der Waals surface area (Å²) in [5.74, 6) is -0.825. The molecule has 5 nitrogen and oxygen atoms in total. The van der Waals surface area contributed by atoms with Gasteiger partial charge in [-0.1, -0.05) is 18.2 Å². The van der Waals surface area contributed by atoms with Crippen LogP contribution in [0.1, 0.15) is 16.8 Å². The highest BCUT2D eigenvalue weighted by Crippen LogP contribution is 2.27. The minimum Gasteiger partial charge on any atom is -0.455 e. The summed E-state index contributed by atoms with van der Waals surface area (Å²) < 4.78 is 5.07. The van der Waals surface area contributed by atoms with Gasteiger partial charge in [0.15, 0.2) is 6.61 Å². The molecule has 0 saturated carbocycles. The van der Waals surface area contributed by atoms with Gasteiger partial charge in [-0.15, -0.1) is 22.7 Å². The van der Waals surface area contributed by atoms with Crippen LogP contribution >= 0.6 is 22.7 Å². The van der Waals surface area contributed by atoms with E-state index >= 15 is 0 Å². The maximum absolute atomic E-state index is 12.0. The Balaban J connectivity index is 1.49. The average Bonchev–Trinajstić information content (AvgIpc) is 3.28. The van der Waals surface area contributed by atoms with Gasteiger partial charge in [0.1, 0.15) is 5.01 Å². The Morgan fingerprint density at radius 3 is 2.81 bits per heavy atom. The molecule has 1 amide bonds. The normalized spacial score (nSPS) is 10.5. The van der Waals surface area contributed by atoms with Crippen molar-refractivity contribution >= 4 is 40.2 Å². The zero-order valence-corrected chi connectivity index (χ0v) is 16.1. The van der Waals surface area contributed by atoms with Gasteiger partial charge in [0.05, 0.1) is 17.0 Å². The van der Waals surface area contributed by atoms with Crippen molar-refractivity contribution in [2.45, 2.75) is 20.3 Å². The Morgan fingerprint density at radius 1 is 1.19 bits per heavy atom. The molecule has 7 heteroatoms. The fourth-order valence-corrected chi connectivity index (χ4v) is 3.94. The Hall–Kier alpha value is -2.51. The first kappa shape index (κ1) is 18.3. The van der Waals surface area contributed by atoms with Crippen LogP contribution in [-0.2, 0) is 20.7 Å². The minimum absolute atomic E-state index is 0.0542. The number of rotatable bonds is 6. The van der Waals surface area contributed by atoms with Crippen molar-refractivity contribution < 1.29 is 14.3 Å². The molecule has 0 radical (unpaired) electrons. The van der Waals surface area contributed by atoms with Crippen LogP contribution in [0.4, 0.5) is 5.69 Å². The molecule has 0 atom stereocenters. The van der Waals surface area contributed by atoms with Crippen LogP contribution in [0, 0.1) is 13.8 Å². The molecule has 0 aliphatic rings. The molecular formula is C19H18N2O3S2. The summed E-state index contributed by atoms with van der Waals surface area (Å²) in [6.45, 7) is 3.55. The Bertz CT molecular complexity index is 917. The first-order valence-electron chi connectivity index (χ1n) is 8.02. The van der Waals surface area contributed by atoms with Crippen LogP contribution in [0.3, 0.4) is 0 Å². The van der Waals surface area contributed by atoms with Crippen molar-refractivity contribution in [3.63, 3.8) is 0 Å². The van der Waals surface area contributed by atoms with Crippen LogP contribution in [0.25, 0.3) is 9.88 Å². The molecule has 0 unspecified atom stereocenters. The van der Waals surface area contributed by atoms with Gasteiger partial charge in [0.25, 0.3) is 5.91 Å². The molecule has 0 aliphatic carbocycles. The molecule has 134 valence electrons. The van der Waals surface area contributed by atoms with Gasteiger partial charge in [-0.2, -0.15) is 0 Å². The number of aromatic nitrogens is 1. The zero-order chi connectivity index (χ0) is 18.5. The van der Waals surface area contributed by atoms with E-state index in [1.54, 1.807) is 11.3 Å². The number of nitrogens with zero attached hydrogens (tertiary/aromatic N) is 1. The van der Waals surface area contributed by atoms with E-state index in [2.05, 4.69) is 10.3 Å². The summed E-state index contributed by atoms with van der Waals surface area (Å²) in [6, 6.07) is 9.75. The number of amides is 1. The molecule has 26 heavy (non-hydrogen) atoms. The van der Waals surface area contributed by atoms with Crippen molar-refractivity contribution in [3.8, 4) is 9.88 Å². The molecule has 0 bridgehead atoms. The number of benzene rings is 1. The molecule has 2 aromatic heterocycles. The summed E-state index contributed by atoms with van der Waals surface area (Å²) in [7, 11) is 0. The maximum atomic E-state index is 12.0. The van der Waals surface area contributed by atoms with E-state index < -0.39 is 5.97 Å². The number of carbonyl (C=O) groups is 2. The highest BCUT2D eigenvalue weighted by Gasteiger charge is 2.13. The number of anilines is 1. The molecule has 0 spiro atoms. The number of hydrogen-bond acceptors (Lipinski definition) is 6. The number of nitrogens with one attached hydrogen (secondary N) is 1. The van der Waals surface area contributed by atoms with E-state index in [-0.39, 0.29) is 18.9 Å². The van der Waals surface area contributed by atoms with Crippen LogP contribution in [0.2, 0.25) is 0 Å². The van der Waals surface area contributed by atoms with E-state index in [0.717, 1.165) is 26.7 Å². The van der Waals surface area contributed by atoms with Gasteiger partial charge in [-0.05, 0) is 42.5 Å². The largest absolute Gasteiger partial charge is 0.455 e. The summed E-state index contributed by atoms with van der Waals surface area (Å²) >= 11 is 3.09. The second-order valence-corrected chi connectivity index (χ2v) is 7.63. The number of hydrogen-bond donors (Lipinski definition) is 1. The molecular weight excluding hydrogens is 368 g/mol. The smallest absolute Gasteiger partial charge is 0.312 e. The van der Waals surface area contributed by atoms with Gasteiger partial charge in [-0.25, -0.2) is 4.98 Å². The predicted molar refractivity (Wildman–Crippen MR) is 105 cm³/mol. The second kappa shape index (κ2) is 8.25. The number of thiazole rings is 1. The second-order valence-electron chi connectivity index (χ2n) is 5.83. The standard InChI is InChI=1S/C19H18N2O3S2/c1-12-5-6-13(2)15(8-12)21-17(22)10-24-18(23)9-14-11-26-19(20-14)16-4-3-7-25-16/h3-8,11H,9-10H2,1-2H3,(H,21,22). The van der Waals surface area contributed by atoms with Gasteiger partial charge >= 0.3 is 5.97 Å². The highest BCUT2D eigenvalue weighted by atomic mass is 32.1. The van der Waals surface area contributed by atoms with Crippen molar-refractivity contribution in [2.24, 2.45) is 0 Å². The summed E-state index contributed by atoms with van der Waals surface area (Å²) in [4.78, 5) is 29.5. The highest BCUT2D eigenvalue weighted by molar-refractivity contribution is 7.20. The van der Waals surface area contributed by atoms with E-state index in [4.69, 9.17) is 4.74 Å². The number of esters is 1. The fourth-order valence-electron chi connectivity index (χ4n) is 2.30. The Kier molecular flexibility index (Phi) is 5.80. The number of aryl methyl sites for hydroxylation is 2. The third kappa shape index (κ3) is 4.77. The maximum Gasteiger partial charge on any atom is 0.312 e. The summed E-state index contributed by atoms with van der Waals surface area (Å²) in [5, 5.41) is 7.47. The van der Waals surface area contributed by atoms with Gasteiger partial charge in [0, 0.05) is 11.1 Å². The predicted octanol–water partition coefficient (Wildman–Crippen LogP) is 4.21. The fraction of sp³-hybridized carbons (Fsp3) is 0.211. The lowest BCUT2D eigenvalue weighted by Gasteiger charge is -2.09. The molecule has 1 aromatic carbocycles. The van der Waals surface area contributed by atoms with E-state index in [1.807, 2.05) is 54.9 Å². The van der Waals surface area contributed by atoms with Crippen LogP contribution < -0.4 is 5.32 Å². The number of ether oxygens (including phenoxy) is 1. The van der Waals surface area contributed by atoms with Crippen LogP contribution in [-0.4, -0.2) is 23.5 Å². The van der Waals surface area contributed by atoms with E-state index in [9.17, 15) is 9.59 Å². The van der Waals surface area contributed by atoms with Crippen molar-refractivity contribution in [3.05, 3.63) is 57.9 Å². The first-order chi connectivity index (χ1) is 12.5. The molecule has 0 fully saturated rings. The number of carbonyl (C=O) groups excluding carboxylic acids is 2. The molecule has 3 rings (SSSR count). The molecule has 3 aromatic rings. The molecule has 1 N–H and O–H groups in total. The minimum atomic E-state index is -0.468. The van der Waals surface area contributed by atoms with E-state index in [0.29, 0.717) is 5.69 Å². The summed E-state index contributed by atoms with van der Waals surface area (Å²) in [6.07, 6.45) is 0.0542. The Morgan fingerprint density at radius 2 is 2.04 bits per heavy atom. The van der Waals surface area contributed by atoms with E-state index in [1.165, 1.54) is 11.3 Å². The summed E-state index contributed by atoms with van der Waals surface area (Å²) in [5.41, 5.74) is 3.39. The van der Waals surface area contributed by atoms with Crippen LogP contribution in [0.5, 0.6) is 0 Å². The van der Waals surface area contributed by atoms with Crippen molar-refractivity contribution in [1.82, 2.24) is 4.98 Å². The third-order valence-electron chi connectivity index (χ3n) is 3.64. The third-order valence-corrected chi connectivity index (χ3v) is 5.57. The van der Waals surface area contributed by atoms with Crippen molar-refractivity contribution in [2.75, 3.05) is 11.9 Å². The van der Waals surface area contributed by atoms with Gasteiger partial charge < -0.3 is 10.1 Å². The number of thiophene rings is 1. The molecule has 2 heterocycles. The molecule has 0 aliphatic heterocycles. The first-order valence-corrected chi connectivity index (χ1v) is 9.78. The lowest BCUT2D eigenvalue weighted by atomic mass is 10.1. The quantitative estimate of drug-likeness (QED) is 0.644. The van der Waals surface area contributed by atoms with Crippen LogP contribution in [0.15, 0.2) is 41.1 Å².